The van der Waals surface area contributed by atoms with Gasteiger partial charge in [-0.05, 0) is 34.7 Å². The van der Waals surface area contributed by atoms with Crippen molar-refractivity contribution < 1.29 is 23.8 Å². The van der Waals surface area contributed by atoms with Crippen molar-refractivity contribution in [3.05, 3.63) is 76.0 Å². The SMILES string of the molecule is COc1cc(CNC(=O)[C@@H](Cc2ccccc2)NC(=O)c2cccs2)cc(OC)c1OC. The van der Waals surface area contributed by atoms with Gasteiger partial charge in [0.05, 0.1) is 26.2 Å². The van der Waals surface area contributed by atoms with Crippen molar-refractivity contribution in [3.63, 3.8) is 0 Å². The summed E-state index contributed by atoms with van der Waals surface area (Å²) in [7, 11) is 4.61. The summed E-state index contributed by atoms with van der Waals surface area (Å²) >= 11 is 1.33. The normalized spacial score (nSPS) is 11.3. The zero-order chi connectivity index (χ0) is 22.9. The Morgan fingerprint density at radius 1 is 0.906 bits per heavy atom. The maximum absolute atomic E-state index is 13.0. The van der Waals surface area contributed by atoms with Gasteiger partial charge in [-0.2, -0.15) is 0 Å². The van der Waals surface area contributed by atoms with Crippen LogP contribution in [0.25, 0.3) is 0 Å². The highest BCUT2D eigenvalue weighted by molar-refractivity contribution is 7.12. The molecule has 1 atom stereocenters. The summed E-state index contributed by atoms with van der Waals surface area (Å²) in [5, 5.41) is 7.59. The van der Waals surface area contributed by atoms with Crippen LogP contribution in [0.5, 0.6) is 17.2 Å². The first kappa shape index (κ1) is 23.1. The van der Waals surface area contributed by atoms with Gasteiger partial charge in [-0.25, -0.2) is 0 Å². The fraction of sp³-hybridized carbons (Fsp3) is 0.250. The van der Waals surface area contributed by atoms with E-state index in [1.807, 2.05) is 35.7 Å². The van der Waals surface area contributed by atoms with E-state index in [1.54, 1.807) is 24.3 Å². The second-order valence-electron chi connectivity index (χ2n) is 6.94. The number of carbonyl (C=O) groups excluding carboxylic acids is 2. The summed E-state index contributed by atoms with van der Waals surface area (Å²) in [5.74, 6) is 0.928. The molecule has 0 aliphatic rings. The first-order valence-corrected chi connectivity index (χ1v) is 10.9. The van der Waals surface area contributed by atoms with E-state index in [1.165, 1.54) is 32.7 Å². The van der Waals surface area contributed by atoms with Crippen LogP contribution in [0, 0.1) is 0 Å². The van der Waals surface area contributed by atoms with Crippen LogP contribution in [0.15, 0.2) is 60.0 Å². The average molecular weight is 455 g/mol. The van der Waals surface area contributed by atoms with Gasteiger partial charge in [-0.3, -0.25) is 9.59 Å². The van der Waals surface area contributed by atoms with E-state index < -0.39 is 6.04 Å². The molecule has 0 saturated carbocycles. The average Bonchev–Trinajstić information content (AvgIpc) is 3.37. The molecule has 0 saturated heterocycles. The fourth-order valence-corrected chi connectivity index (χ4v) is 3.87. The van der Waals surface area contributed by atoms with Gasteiger partial charge in [-0.1, -0.05) is 36.4 Å². The quantitative estimate of drug-likeness (QED) is 0.490. The van der Waals surface area contributed by atoms with Crippen LogP contribution in [0.2, 0.25) is 0 Å². The van der Waals surface area contributed by atoms with E-state index in [4.69, 9.17) is 14.2 Å². The van der Waals surface area contributed by atoms with E-state index >= 15 is 0 Å². The molecule has 2 aromatic carbocycles. The fourth-order valence-electron chi connectivity index (χ4n) is 3.25. The second kappa shape index (κ2) is 11.2. The highest BCUT2D eigenvalue weighted by Crippen LogP contribution is 2.38. The lowest BCUT2D eigenvalue weighted by molar-refractivity contribution is -0.123. The molecule has 3 aromatic rings. The molecule has 0 aliphatic heterocycles. The molecule has 2 N–H and O–H groups in total. The summed E-state index contributed by atoms with van der Waals surface area (Å²) in [6.45, 7) is 0.232. The Morgan fingerprint density at radius 2 is 1.59 bits per heavy atom. The monoisotopic (exact) mass is 454 g/mol. The molecule has 0 spiro atoms. The van der Waals surface area contributed by atoms with Crippen molar-refractivity contribution in [3.8, 4) is 17.2 Å². The minimum atomic E-state index is -0.728. The third kappa shape index (κ3) is 5.79. The topological polar surface area (TPSA) is 85.9 Å². The van der Waals surface area contributed by atoms with Gasteiger partial charge >= 0.3 is 0 Å². The third-order valence-corrected chi connectivity index (χ3v) is 5.71. The van der Waals surface area contributed by atoms with E-state index in [0.717, 1.165) is 11.1 Å². The molecule has 2 amide bonds. The van der Waals surface area contributed by atoms with Crippen molar-refractivity contribution in [2.45, 2.75) is 19.0 Å². The first-order chi connectivity index (χ1) is 15.5. The van der Waals surface area contributed by atoms with Gasteiger partial charge in [0.1, 0.15) is 6.04 Å². The van der Waals surface area contributed by atoms with Gasteiger partial charge in [0.15, 0.2) is 11.5 Å². The van der Waals surface area contributed by atoms with E-state index in [0.29, 0.717) is 28.5 Å². The molecule has 0 bridgehead atoms. The molecule has 0 unspecified atom stereocenters. The van der Waals surface area contributed by atoms with Crippen molar-refractivity contribution in [2.24, 2.45) is 0 Å². The molecule has 1 heterocycles. The smallest absolute Gasteiger partial charge is 0.262 e. The lowest BCUT2D eigenvalue weighted by atomic mass is 10.0. The van der Waals surface area contributed by atoms with Gasteiger partial charge in [0.25, 0.3) is 5.91 Å². The van der Waals surface area contributed by atoms with Crippen LogP contribution in [-0.2, 0) is 17.8 Å². The van der Waals surface area contributed by atoms with Crippen LogP contribution in [0.1, 0.15) is 20.8 Å². The minimum absolute atomic E-state index is 0.232. The Balaban J connectivity index is 1.75. The number of nitrogens with one attached hydrogen (secondary N) is 2. The van der Waals surface area contributed by atoms with E-state index in [2.05, 4.69) is 10.6 Å². The maximum atomic E-state index is 13.0. The zero-order valence-electron chi connectivity index (χ0n) is 18.2. The van der Waals surface area contributed by atoms with Crippen molar-refractivity contribution >= 4 is 23.2 Å². The standard InChI is InChI=1S/C24H26N2O5S/c1-29-19-13-17(14-20(30-2)22(19)31-3)15-25-23(27)18(12-16-8-5-4-6-9-16)26-24(28)21-10-7-11-32-21/h4-11,13-14,18H,12,15H2,1-3H3,(H,25,27)(H,26,28)/t18-/m1/s1. The number of benzene rings is 2. The van der Waals surface area contributed by atoms with Crippen LogP contribution in [0.4, 0.5) is 0 Å². The van der Waals surface area contributed by atoms with Gasteiger partial charge in [-0.15, -0.1) is 11.3 Å². The zero-order valence-corrected chi connectivity index (χ0v) is 19.0. The Morgan fingerprint density at radius 3 is 2.16 bits per heavy atom. The molecule has 32 heavy (non-hydrogen) atoms. The number of ether oxygens (including phenoxy) is 3. The number of hydrogen-bond donors (Lipinski definition) is 2. The van der Waals surface area contributed by atoms with Crippen LogP contribution in [0.3, 0.4) is 0 Å². The Hall–Kier alpha value is -3.52. The minimum Gasteiger partial charge on any atom is -0.493 e. The van der Waals surface area contributed by atoms with Crippen molar-refractivity contribution in [1.29, 1.82) is 0 Å². The first-order valence-electron chi connectivity index (χ1n) is 10.0. The molecule has 7 nitrogen and oxygen atoms in total. The molecule has 1 aromatic heterocycles. The third-order valence-electron chi connectivity index (χ3n) is 4.84. The summed E-state index contributed by atoms with van der Waals surface area (Å²) in [4.78, 5) is 26.2. The second-order valence-corrected chi connectivity index (χ2v) is 7.89. The van der Waals surface area contributed by atoms with Gasteiger partial charge in [0, 0.05) is 13.0 Å². The highest BCUT2D eigenvalue weighted by Gasteiger charge is 2.23. The van der Waals surface area contributed by atoms with E-state index in [9.17, 15) is 9.59 Å². The lowest BCUT2D eigenvalue weighted by Gasteiger charge is -2.19. The van der Waals surface area contributed by atoms with E-state index in [-0.39, 0.29) is 18.4 Å². The summed E-state index contributed by atoms with van der Waals surface area (Å²) in [5.41, 5.74) is 1.72. The summed E-state index contributed by atoms with van der Waals surface area (Å²) in [6, 6.07) is 15.9. The number of hydrogen-bond acceptors (Lipinski definition) is 6. The largest absolute Gasteiger partial charge is 0.493 e. The predicted octanol–water partition coefficient (Wildman–Crippen LogP) is 3.43. The molecular weight excluding hydrogens is 428 g/mol. The van der Waals surface area contributed by atoms with Crippen molar-refractivity contribution in [2.75, 3.05) is 21.3 Å². The van der Waals surface area contributed by atoms with Crippen LogP contribution >= 0.6 is 11.3 Å². The molecular formula is C24H26N2O5S. The number of amides is 2. The van der Waals surface area contributed by atoms with Crippen LogP contribution < -0.4 is 24.8 Å². The Labute approximate surface area is 191 Å². The Kier molecular flexibility index (Phi) is 8.10. The molecule has 0 aliphatic carbocycles. The lowest BCUT2D eigenvalue weighted by Crippen LogP contribution is -2.47. The van der Waals surface area contributed by atoms with Gasteiger partial charge < -0.3 is 24.8 Å². The molecule has 0 fully saturated rings. The number of thiophene rings is 1. The molecule has 168 valence electrons. The number of rotatable bonds is 10. The predicted molar refractivity (Wildman–Crippen MR) is 124 cm³/mol. The number of methoxy groups -OCH3 is 3. The van der Waals surface area contributed by atoms with Crippen LogP contribution in [-0.4, -0.2) is 39.2 Å². The molecule has 3 rings (SSSR count). The maximum Gasteiger partial charge on any atom is 0.262 e. The summed E-state index contributed by atoms with van der Waals surface area (Å²) in [6.07, 6.45) is 0.374. The number of carbonyl (C=O) groups is 2. The van der Waals surface area contributed by atoms with Gasteiger partial charge in [0.2, 0.25) is 11.7 Å². The Bertz CT molecular complexity index is 1010. The van der Waals surface area contributed by atoms with Crippen molar-refractivity contribution in [1.82, 2.24) is 10.6 Å². The molecule has 8 heteroatoms. The highest BCUT2D eigenvalue weighted by atomic mass is 32.1. The molecule has 0 radical (unpaired) electrons. The summed E-state index contributed by atoms with van der Waals surface area (Å²) < 4.78 is 16.1.